The Labute approximate surface area is 121 Å². The number of ether oxygens (including phenoxy) is 2. The quantitative estimate of drug-likeness (QED) is 0.805. The van der Waals surface area contributed by atoms with Crippen molar-refractivity contribution in [2.45, 2.75) is 25.6 Å². The Kier molecular flexibility index (Phi) is 5.59. The largest absolute Gasteiger partial charge is 0.489 e. The zero-order valence-electron chi connectivity index (χ0n) is 12.1. The molecule has 0 saturated carbocycles. The Hall–Kier alpha value is -1.36. The second-order valence-corrected chi connectivity index (χ2v) is 5.21. The van der Waals surface area contributed by atoms with Crippen LogP contribution in [0.5, 0.6) is 5.75 Å². The van der Waals surface area contributed by atoms with Gasteiger partial charge in [0, 0.05) is 31.2 Å². The van der Waals surface area contributed by atoms with Crippen molar-refractivity contribution < 1.29 is 9.47 Å². The summed E-state index contributed by atoms with van der Waals surface area (Å²) in [4.78, 5) is 2.37. The number of nitrogens with zero attached hydrogens (tertiary/aromatic N) is 1. The summed E-state index contributed by atoms with van der Waals surface area (Å²) in [5.41, 5.74) is 7.13. The SMILES string of the molecule is C=CCOc1ccccc1CN1CCO[C@@H]([C@H](C)N)C1. The molecule has 0 radical (unpaired) electrons. The molecular formula is C16H24N2O2. The maximum absolute atomic E-state index is 5.93. The monoisotopic (exact) mass is 276 g/mol. The topological polar surface area (TPSA) is 47.7 Å². The Bertz CT molecular complexity index is 434. The summed E-state index contributed by atoms with van der Waals surface area (Å²) >= 11 is 0. The molecule has 4 heteroatoms. The maximum atomic E-state index is 5.93. The highest BCUT2D eigenvalue weighted by Crippen LogP contribution is 2.21. The van der Waals surface area contributed by atoms with E-state index >= 15 is 0 Å². The van der Waals surface area contributed by atoms with Crippen molar-refractivity contribution in [2.24, 2.45) is 5.73 Å². The Morgan fingerprint density at radius 2 is 2.35 bits per heavy atom. The summed E-state index contributed by atoms with van der Waals surface area (Å²) in [7, 11) is 0. The first-order valence-corrected chi connectivity index (χ1v) is 7.12. The lowest BCUT2D eigenvalue weighted by Gasteiger charge is -2.35. The lowest BCUT2D eigenvalue weighted by atomic mass is 10.1. The average molecular weight is 276 g/mol. The molecule has 1 heterocycles. The smallest absolute Gasteiger partial charge is 0.124 e. The first-order chi connectivity index (χ1) is 9.70. The molecule has 0 amide bonds. The van der Waals surface area contributed by atoms with E-state index in [0.717, 1.165) is 32.0 Å². The zero-order chi connectivity index (χ0) is 14.4. The van der Waals surface area contributed by atoms with E-state index in [1.54, 1.807) is 6.08 Å². The van der Waals surface area contributed by atoms with Gasteiger partial charge in [0.2, 0.25) is 0 Å². The summed E-state index contributed by atoms with van der Waals surface area (Å²) < 4.78 is 11.4. The first kappa shape index (κ1) is 15.0. The van der Waals surface area contributed by atoms with Crippen LogP contribution in [0.1, 0.15) is 12.5 Å². The molecule has 1 aromatic rings. The third-order valence-electron chi connectivity index (χ3n) is 3.49. The molecule has 1 fully saturated rings. The fourth-order valence-electron chi connectivity index (χ4n) is 2.36. The van der Waals surface area contributed by atoms with Gasteiger partial charge in [-0.05, 0) is 13.0 Å². The van der Waals surface area contributed by atoms with E-state index in [0.29, 0.717) is 6.61 Å². The van der Waals surface area contributed by atoms with Gasteiger partial charge in [-0.15, -0.1) is 0 Å². The predicted octanol–water partition coefficient (Wildman–Crippen LogP) is 1.80. The van der Waals surface area contributed by atoms with E-state index in [4.69, 9.17) is 15.2 Å². The van der Waals surface area contributed by atoms with E-state index in [1.807, 2.05) is 25.1 Å². The van der Waals surface area contributed by atoms with E-state index in [-0.39, 0.29) is 12.1 Å². The molecule has 2 atom stereocenters. The average Bonchev–Trinajstić information content (AvgIpc) is 2.46. The maximum Gasteiger partial charge on any atom is 0.124 e. The highest BCUT2D eigenvalue weighted by molar-refractivity contribution is 5.33. The van der Waals surface area contributed by atoms with E-state index in [9.17, 15) is 0 Å². The fraction of sp³-hybridized carbons (Fsp3) is 0.500. The van der Waals surface area contributed by atoms with E-state index in [1.165, 1.54) is 5.56 Å². The molecule has 0 unspecified atom stereocenters. The molecular weight excluding hydrogens is 252 g/mol. The number of hydrogen-bond donors (Lipinski definition) is 1. The second kappa shape index (κ2) is 7.43. The fourth-order valence-corrected chi connectivity index (χ4v) is 2.36. The van der Waals surface area contributed by atoms with Crippen molar-refractivity contribution >= 4 is 0 Å². The van der Waals surface area contributed by atoms with Crippen LogP contribution in [0.2, 0.25) is 0 Å². The molecule has 0 aliphatic carbocycles. The molecule has 20 heavy (non-hydrogen) atoms. The Morgan fingerprint density at radius 3 is 3.10 bits per heavy atom. The second-order valence-electron chi connectivity index (χ2n) is 5.21. The van der Waals surface area contributed by atoms with Gasteiger partial charge in [-0.25, -0.2) is 0 Å². The molecule has 0 spiro atoms. The van der Waals surface area contributed by atoms with Gasteiger partial charge in [-0.1, -0.05) is 30.9 Å². The molecule has 110 valence electrons. The number of rotatable bonds is 6. The van der Waals surface area contributed by atoms with Gasteiger partial charge in [0.1, 0.15) is 12.4 Å². The third-order valence-corrected chi connectivity index (χ3v) is 3.49. The predicted molar refractivity (Wildman–Crippen MR) is 80.8 cm³/mol. The van der Waals surface area contributed by atoms with Gasteiger partial charge in [0.05, 0.1) is 12.7 Å². The van der Waals surface area contributed by atoms with Gasteiger partial charge in [0.15, 0.2) is 0 Å². The molecule has 1 saturated heterocycles. The van der Waals surface area contributed by atoms with Gasteiger partial charge in [-0.2, -0.15) is 0 Å². The van der Waals surface area contributed by atoms with Crippen LogP contribution in [0.3, 0.4) is 0 Å². The Balaban J connectivity index is 2.00. The molecule has 0 bridgehead atoms. The van der Waals surface area contributed by atoms with Crippen molar-refractivity contribution in [2.75, 3.05) is 26.3 Å². The van der Waals surface area contributed by atoms with Crippen molar-refractivity contribution in [1.29, 1.82) is 0 Å². The van der Waals surface area contributed by atoms with E-state index in [2.05, 4.69) is 17.5 Å². The summed E-state index contributed by atoms with van der Waals surface area (Å²) in [6.45, 7) is 9.61. The first-order valence-electron chi connectivity index (χ1n) is 7.12. The number of para-hydroxylation sites is 1. The van der Waals surface area contributed by atoms with Crippen LogP contribution in [-0.2, 0) is 11.3 Å². The van der Waals surface area contributed by atoms with Gasteiger partial charge in [-0.3, -0.25) is 4.90 Å². The van der Waals surface area contributed by atoms with Crippen molar-refractivity contribution in [3.8, 4) is 5.75 Å². The number of hydrogen-bond acceptors (Lipinski definition) is 4. The molecule has 4 nitrogen and oxygen atoms in total. The summed E-state index contributed by atoms with van der Waals surface area (Å²) in [5.74, 6) is 0.927. The lowest BCUT2D eigenvalue weighted by molar-refractivity contribution is -0.0405. The van der Waals surface area contributed by atoms with Crippen molar-refractivity contribution in [3.63, 3.8) is 0 Å². The molecule has 2 N–H and O–H groups in total. The van der Waals surface area contributed by atoms with Crippen LogP contribution in [-0.4, -0.2) is 43.3 Å². The molecule has 0 aromatic heterocycles. The molecule has 2 rings (SSSR count). The highest BCUT2D eigenvalue weighted by Gasteiger charge is 2.23. The molecule has 1 aromatic carbocycles. The number of nitrogens with two attached hydrogens (primary N) is 1. The molecule has 1 aliphatic heterocycles. The van der Waals surface area contributed by atoms with Gasteiger partial charge >= 0.3 is 0 Å². The zero-order valence-corrected chi connectivity index (χ0v) is 12.1. The van der Waals surface area contributed by atoms with Crippen LogP contribution >= 0.6 is 0 Å². The highest BCUT2D eigenvalue weighted by atomic mass is 16.5. The molecule has 1 aliphatic rings. The van der Waals surface area contributed by atoms with Crippen molar-refractivity contribution in [3.05, 3.63) is 42.5 Å². The summed E-state index contributed by atoms with van der Waals surface area (Å²) in [6, 6.07) is 8.20. The van der Waals surface area contributed by atoms with Gasteiger partial charge in [0.25, 0.3) is 0 Å². The summed E-state index contributed by atoms with van der Waals surface area (Å²) in [5, 5.41) is 0. The van der Waals surface area contributed by atoms with Crippen LogP contribution < -0.4 is 10.5 Å². The normalized spacial score (nSPS) is 21.4. The summed E-state index contributed by atoms with van der Waals surface area (Å²) in [6.07, 6.45) is 1.88. The van der Waals surface area contributed by atoms with E-state index < -0.39 is 0 Å². The number of morpholine rings is 1. The van der Waals surface area contributed by atoms with Gasteiger partial charge < -0.3 is 15.2 Å². The van der Waals surface area contributed by atoms with Crippen LogP contribution in [0.25, 0.3) is 0 Å². The lowest BCUT2D eigenvalue weighted by Crippen LogP contribution is -2.49. The standard InChI is InChI=1S/C16H24N2O2/c1-3-9-19-15-7-5-4-6-14(15)11-18-8-10-20-16(12-18)13(2)17/h3-7,13,16H,1,8-12,17H2,2H3/t13-,16+/m0/s1. The van der Waals surface area contributed by atoms with Crippen molar-refractivity contribution in [1.82, 2.24) is 4.90 Å². The number of benzene rings is 1. The minimum Gasteiger partial charge on any atom is -0.489 e. The minimum atomic E-state index is 0.0602. The third kappa shape index (κ3) is 4.07. The minimum absolute atomic E-state index is 0.0602. The van der Waals surface area contributed by atoms with Crippen LogP contribution in [0, 0.1) is 0 Å². The Morgan fingerprint density at radius 1 is 1.55 bits per heavy atom. The van der Waals surface area contributed by atoms with Crippen LogP contribution in [0.15, 0.2) is 36.9 Å². The van der Waals surface area contributed by atoms with Crippen LogP contribution in [0.4, 0.5) is 0 Å².